The van der Waals surface area contributed by atoms with E-state index in [-0.39, 0.29) is 10.7 Å². The molecule has 1 saturated heterocycles. The smallest absolute Gasteiger partial charge is 0.248 e. The van der Waals surface area contributed by atoms with Crippen LogP contribution in [0.4, 0.5) is 0 Å². The van der Waals surface area contributed by atoms with Crippen molar-refractivity contribution in [1.29, 1.82) is 0 Å². The number of ether oxygens (including phenoxy) is 2. The van der Waals surface area contributed by atoms with E-state index in [0.717, 1.165) is 11.1 Å². The van der Waals surface area contributed by atoms with Crippen LogP contribution < -0.4 is 9.47 Å². The Bertz CT molecular complexity index is 1260. The molecule has 0 radical (unpaired) electrons. The number of nitro groups is 1. The Kier molecular flexibility index (Phi) is 5.49. The first-order valence-electron chi connectivity index (χ1n) is 10.9. The summed E-state index contributed by atoms with van der Waals surface area (Å²) in [5.74, 6) is 0.317. The van der Waals surface area contributed by atoms with Gasteiger partial charge in [-0.1, -0.05) is 36.4 Å². The number of hydrazone groups is 1. The van der Waals surface area contributed by atoms with Crippen LogP contribution in [0.25, 0.3) is 0 Å². The minimum Gasteiger partial charge on any atom is -0.497 e. The number of methoxy groups -OCH3 is 2. The fourth-order valence-electron chi connectivity index (χ4n) is 5.04. The number of hydrogen-bond acceptors (Lipinski definition) is 7. The third-order valence-electron chi connectivity index (χ3n) is 6.63. The SMILES string of the molecule is COc1ccc(C(=O)[C@@H]2[C@@H](c3ccc(OC)cc3)[C@H]([N+](=O)[O-])C3c4ccccc4C=NN32)cc1. The van der Waals surface area contributed by atoms with Crippen molar-refractivity contribution in [2.45, 2.75) is 24.0 Å². The fraction of sp³-hybridized carbons (Fsp3) is 0.231. The predicted molar refractivity (Wildman–Crippen MR) is 126 cm³/mol. The van der Waals surface area contributed by atoms with Gasteiger partial charge < -0.3 is 9.47 Å². The van der Waals surface area contributed by atoms with E-state index in [1.165, 1.54) is 0 Å². The molecule has 172 valence electrons. The Morgan fingerprint density at radius 3 is 2.18 bits per heavy atom. The molecule has 0 amide bonds. The summed E-state index contributed by atoms with van der Waals surface area (Å²) in [5, 5.41) is 18.7. The van der Waals surface area contributed by atoms with Gasteiger partial charge in [0.1, 0.15) is 23.6 Å². The minimum atomic E-state index is -1.07. The summed E-state index contributed by atoms with van der Waals surface area (Å²) in [5.41, 5.74) is 2.75. The molecule has 8 nitrogen and oxygen atoms in total. The van der Waals surface area contributed by atoms with Crippen LogP contribution in [0, 0.1) is 10.1 Å². The summed E-state index contributed by atoms with van der Waals surface area (Å²) in [7, 11) is 3.12. The highest BCUT2D eigenvalue weighted by atomic mass is 16.6. The molecule has 8 heteroatoms. The molecule has 2 aliphatic heterocycles. The van der Waals surface area contributed by atoms with Crippen molar-refractivity contribution in [1.82, 2.24) is 5.01 Å². The van der Waals surface area contributed by atoms with Crippen molar-refractivity contribution < 1.29 is 19.2 Å². The van der Waals surface area contributed by atoms with Crippen LogP contribution in [0.2, 0.25) is 0 Å². The minimum absolute atomic E-state index is 0.227. The first-order valence-corrected chi connectivity index (χ1v) is 10.9. The third kappa shape index (κ3) is 3.48. The Morgan fingerprint density at radius 1 is 0.941 bits per heavy atom. The van der Waals surface area contributed by atoms with E-state index in [0.29, 0.717) is 22.6 Å². The molecule has 0 N–H and O–H groups in total. The van der Waals surface area contributed by atoms with Gasteiger partial charge in [0.05, 0.1) is 26.4 Å². The van der Waals surface area contributed by atoms with Crippen LogP contribution in [0.15, 0.2) is 77.9 Å². The van der Waals surface area contributed by atoms with Crippen molar-refractivity contribution in [3.8, 4) is 11.5 Å². The zero-order valence-electron chi connectivity index (χ0n) is 18.7. The largest absolute Gasteiger partial charge is 0.497 e. The fourth-order valence-corrected chi connectivity index (χ4v) is 5.04. The Labute approximate surface area is 196 Å². The third-order valence-corrected chi connectivity index (χ3v) is 6.63. The van der Waals surface area contributed by atoms with E-state index in [1.54, 1.807) is 74.0 Å². The maximum Gasteiger partial charge on any atom is 0.248 e. The van der Waals surface area contributed by atoms with Crippen LogP contribution in [0.1, 0.15) is 39.0 Å². The number of carbonyl (C=O) groups excluding carboxylic acids is 1. The van der Waals surface area contributed by atoms with E-state index in [9.17, 15) is 14.9 Å². The molecule has 3 aromatic carbocycles. The molecule has 0 bridgehead atoms. The monoisotopic (exact) mass is 457 g/mol. The second-order valence-corrected chi connectivity index (χ2v) is 8.31. The van der Waals surface area contributed by atoms with E-state index >= 15 is 0 Å². The molecule has 2 aliphatic rings. The summed E-state index contributed by atoms with van der Waals surface area (Å²) in [6.07, 6.45) is 1.67. The molecule has 2 heterocycles. The number of ketones is 1. The molecule has 1 fully saturated rings. The zero-order chi connectivity index (χ0) is 23.8. The Hall–Kier alpha value is -4.20. The second kappa shape index (κ2) is 8.62. The first-order chi connectivity index (χ1) is 16.5. The molecular weight excluding hydrogens is 434 g/mol. The van der Waals surface area contributed by atoms with Crippen molar-refractivity contribution in [3.05, 3.63) is 105 Å². The van der Waals surface area contributed by atoms with Crippen molar-refractivity contribution >= 4 is 12.0 Å². The highest BCUT2D eigenvalue weighted by Gasteiger charge is 2.60. The number of carbonyl (C=O) groups is 1. The quantitative estimate of drug-likeness (QED) is 0.314. The number of nitrogens with zero attached hydrogens (tertiary/aromatic N) is 3. The molecule has 34 heavy (non-hydrogen) atoms. The average molecular weight is 457 g/mol. The van der Waals surface area contributed by atoms with Gasteiger partial charge in [0.15, 0.2) is 5.78 Å². The second-order valence-electron chi connectivity index (χ2n) is 8.31. The maximum atomic E-state index is 13.9. The van der Waals surface area contributed by atoms with Crippen LogP contribution >= 0.6 is 0 Å². The predicted octanol–water partition coefficient (Wildman–Crippen LogP) is 4.09. The van der Waals surface area contributed by atoms with E-state index in [4.69, 9.17) is 9.47 Å². The summed E-state index contributed by atoms with van der Waals surface area (Å²) in [6, 6.07) is 18.8. The van der Waals surface area contributed by atoms with Gasteiger partial charge in [0.2, 0.25) is 6.04 Å². The molecule has 0 aromatic heterocycles. The van der Waals surface area contributed by atoms with E-state index in [2.05, 4.69) is 5.10 Å². The van der Waals surface area contributed by atoms with Gasteiger partial charge in [0, 0.05) is 16.1 Å². The summed E-state index contributed by atoms with van der Waals surface area (Å²) < 4.78 is 10.5. The van der Waals surface area contributed by atoms with Gasteiger partial charge in [-0.3, -0.25) is 19.9 Å². The van der Waals surface area contributed by atoms with Crippen LogP contribution in [0.5, 0.6) is 11.5 Å². The van der Waals surface area contributed by atoms with Crippen molar-refractivity contribution in [2.24, 2.45) is 5.10 Å². The lowest BCUT2D eigenvalue weighted by Gasteiger charge is -2.30. The summed E-state index contributed by atoms with van der Waals surface area (Å²) >= 11 is 0. The standard InChI is InChI=1S/C26H23N3O5/c1-33-19-11-7-16(8-12-19)22-24(29(31)32)23-21-6-4-3-5-18(21)15-27-28(23)25(22)26(30)17-9-13-20(34-2)14-10-17/h3-15,22-25H,1-2H3/t22-,23?,24-,25-/m0/s1. The molecule has 1 unspecified atom stereocenters. The maximum absolute atomic E-state index is 13.9. The molecule has 0 aliphatic carbocycles. The highest BCUT2D eigenvalue weighted by molar-refractivity contribution is 6.01. The molecule has 0 saturated carbocycles. The normalized spacial score (nSPS) is 22.6. The number of rotatable bonds is 6. The molecular formula is C26H23N3O5. The van der Waals surface area contributed by atoms with Crippen LogP contribution in [0.3, 0.4) is 0 Å². The molecule has 3 aromatic rings. The van der Waals surface area contributed by atoms with E-state index < -0.39 is 24.0 Å². The first kappa shape index (κ1) is 21.6. The summed E-state index contributed by atoms with van der Waals surface area (Å²) in [4.78, 5) is 26.1. The lowest BCUT2D eigenvalue weighted by molar-refractivity contribution is -0.529. The van der Waals surface area contributed by atoms with Crippen molar-refractivity contribution in [3.63, 3.8) is 0 Å². The number of Topliss-reactive ketones (excluding diaryl/α,β-unsaturated/α-hetero) is 1. The average Bonchev–Trinajstić information content (AvgIpc) is 3.24. The van der Waals surface area contributed by atoms with Crippen LogP contribution in [-0.4, -0.2) is 48.2 Å². The highest BCUT2D eigenvalue weighted by Crippen LogP contribution is 2.49. The lowest BCUT2D eigenvalue weighted by Crippen LogP contribution is -2.38. The molecule has 0 spiro atoms. The Morgan fingerprint density at radius 2 is 1.56 bits per heavy atom. The van der Waals surface area contributed by atoms with Crippen molar-refractivity contribution in [2.75, 3.05) is 14.2 Å². The topological polar surface area (TPSA) is 94.3 Å². The van der Waals surface area contributed by atoms with Gasteiger partial charge in [-0.05, 0) is 47.5 Å². The van der Waals surface area contributed by atoms with Crippen LogP contribution in [-0.2, 0) is 0 Å². The lowest BCUT2D eigenvalue weighted by atomic mass is 9.82. The molecule has 4 atom stereocenters. The zero-order valence-corrected chi connectivity index (χ0v) is 18.7. The number of benzene rings is 3. The van der Waals surface area contributed by atoms with Gasteiger partial charge in [0.25, 0.3) is 0 Å². The molecule has 5 rings (SSSR count). The van der Waals surface area contributed by atoms with Gasteiger partial charge >= 0.3 is 0 Å². The van der Waals surface area contributed by atoms with E-state index in [1.807, 2.05) is 24.3 Å². The van der Waals surface area contributed by atoms with Gasteiger partial charge in [-0.25, -0.2) is 0 Å². The van der Waals surface area contributed by atoms with Gasteiger partial charge in [-0.2, -0.15) is 5.10 Å². The summed E-state index contributed by atoms with van der Waals surface area (Å²) in [6.45, 7) is 0. The van der Waals surface area contributed by atoms with Gasteiger partial charge in [-0.15, -0.1) is 0 Å². The number of fused-ring (bicyclic) bond motifs is 3. The Balaban J connectivity index is 1.67. The number of hydrogen-bond donors (Lipinski definition) is 0.